The van der Waals surface area contributed by atoms with Crippen LogP contribution in [0, 0.1) is 11.8 Å². The number of carboxylic acid groups (broad SMARTS) is 1. The van der Waals surface area contributed by atoms with Crippen LogP contribution < -0.4 is 4.74 Å². The number of hydrogen-bond acceptors (Lipinski definition) is 5. The first-order valence-electron chi connectivity index (χ1n) is 12.2. The van der Waals surface area contributed by atoms with E-state index in [1.807, 2.05) is 30.1 Å². The predicted octanol–water partition coefficient (Wildman–Crippen LogP) is 5.90. The second-order valence-electron chi connectivity index (χ2n) is 10.3. The molecular formula is C27H40N2O3S. The quantitative estimate of drug-likeness (QED) is 0.411. The van der Waals surface area contributed by atoms with Crippen molar-refractivity contribution in [1.29, 1.82) is 0 Å². The summed E-state index contributed by atoms with van der Waals surface area (Å²) >= 11 is 2.01. The number of rotatable bonds is 11. The number of hydrogen-bond donors (Lipinski definition) is 1. The number of aliphatic carboxylic acids is 1. The van der Waals surface area contributed by atoms with Gasteiger partial charge in [-0.1, -0.05) is 20.8 Å². The fraction of sp³-hybridized carbons (Fsp3) is 0.630. The molecule has 0 aliphatic carbocycles. The summed E-state index contributed by atoms with van der Waals surface area (Å²) in [6.45, 7) is 9.88. The lowest BCUT2D eigenvalue weighted by Crippen LogP contribution is -2.42. The molecular weight excluding hydrogens is 432 g/mol. The zero-order chi connectivity index (χ0) is 23.8. The molecule has 2 atom stereocenters. The molecule has 0 radical (unpaired) electrons. The number of thioether (sulfide) groups is 1. The van der Waals surface area contributed by atoms with Crippen LogP contribution in [0.4, 0.5) is 0 Å². The van der Waals surface area contributed by atoms with E-state index in [1.165, 1.54) is 12.0 Å². The molecule has 2 heterocycles. The van der Waals surface area contributed by atoms with Gasteiger partial charge < -0.3 is 14.7 Å². The Balaban J connectivity index is 1.53. The van der Waals surface area contributed by atoms with Crippen LogP contribution in [0.3, 0.4) is 0 Å². The highest BCUT2D eigenvalue weighted by molar-refractivity contribution is 8.00. The number of fused-ring (bicyclic) bond motifs is 1. The predicted molar refractivity (Wildman–Crippen MR) is 138 cm³/mol. The third-order valence-electron chi connectivity index (χ3n) is 6.63. The summed E-state index contributed by atoms with van der Waals surface area (Å²) in [7, 11) is 1.69. The smallest absolute Gasteiger partial charge is 0.303 e. The van der Waals surface area contributed by atoms with E-state index in [0.717, 1.165) is 67.7 Å². The highest BCUT2D eigenvalue weighted by Crippen LogP contribution is 2.32. The second kappa shape index (κ2) is 12.1. The number of aromatic nitrogens is 1. The van der Waals surface area contributed by atoms with Gasteiger partial charge in [-0.25, -0.2) is 0 Å². The van der Waals surface area contributed by atoms with Crippen LogP contribution in [-0.4, -0.2) is 58.2 Å². The maximum atomic E-state index is 11.6. The average Bonchev–Trinajstić information content (AvgIpc) is 2.77. The summed E-state index contributed by atoms with van der Waals surface area (Å²) in [4.78, 5) is 18.5. The monoisotopic (exact) mass is 472 g/mol. The lowest BCUT2D eigenvalue weighted by atomic mass is 9.80. The van der Waals surface area contributed by atoms with Gasteiger partial charge in [0.15, 0.2) is 0 Å². The molecule has 33 heavy (non-hydrogen) atoms. The van der Waals surface area contributed by atoms with Gasteiger partial charge in [-0.2, -0.15) is 11.8 Å². The fourth-order valence-electron chi connectivity index (χ4n) is 4.94. The topological polar surface area (TPSA) is 62.7 Å². The van der Waals surface area contributed by atoms with Crippen molar-refractivity contribution >= 4 is 28.6 Å². The van der Waals surface area contributed by atoms with E-state index in [-0.39, 0.29) is 12.3 Å². The summed E-state index contributed by atoms with van der Waals surface area (Å²) in [5.41, 5.74) is 2.29. The van der Waals surface area contributed by atoms with Crippen LogP contribution in [0.5, 0.6) is 5.75 Å². The lowest BCUT2D eigenvalue weighted by molar-refractivity contribution is -0.139. The summed E-state index contributed by atoms with van der Waals surface area (Å²) in [5, 5.41) is 10.7. The zero-order valence-corrected chi connectivity index (χ0v) is 21.5. The molecule has 182 valence electrons. The summed E-state index contributed by atoms with van der Waals surface area (Å²) in [6, 6.07) is 8.14. The van der Waals surface area contributed by atoms with E-state index in [1.54, 1.807) is 7.11 Å². The molecule has 0 unspecified atom stereocenters. The molecule has 1 N–H and O–H groups in total. The number of carbonyl (C=O) groups is 1. The first kappa shape index (κ1) is 25.8. The van der Waals surface area contributed by atoms with Crippen LogP contribution >= 0.6 is 11.8 Å². The van der Waals surface area contributed by atoms with E-state index in [0.29, 0.717) is 10.7 Å². The van der Waals surface area contributed by atoms with E-state index >= 15 is 0 Å². The average molecular weight is 473 g/mol. The largest absolute Gasteiger partial charge is 0.497 e. The lowest BCUT2D eigenvalue weighted by Gasteiger charge is -2.38. The van der Waals surface area contributed by atoms with Gasteiger partial charge in [0.1, 0.15) is 5.75 Å². The summed E-state index contributed by atoms with van der Waals surface area (Å²) in [6.07, 6.45) is 7.58. The van der Waals surface area contributed by atoms with E-state index in [4.69, 9.17) is 4.74 Å². The first-order chi connectivity index (χ1) is 15.7. The number of piperidine rings is 1. The molecule has 1 aliphatic heterocycles. The minimum atomic E-state index is -0.664. The molecule has 5 nitrogen and oxygen atoms in total. The van der Waals surface area contributed by atoms with Crippen molar-refractivity contribution in [3.8, 4) is 5.75 Å². The van der Waals surface area contributed by atoms with Crippen LogP contribution in [0.15, 0.2) is 30.5 Å². The molecule has 1 saturated heterocycles. The maximum absolute atomic E-state index is 11.6. The van der Waals surface area contributed by atoms with Crippen molar-refractivity contribution in [2.45, 2.75) is 64.0 Å². The molecule has 0 amide bonds. The Kier molecular flexibility index (Phi) is 9.45. The normalized spacial score (nSPS) is 19.6. The molecule has 6 heteroatoms. The Bertz CT molecular complexity index is 912. The molecule has 0 saturated carbocycles. The molecule has 1 aromatic heterocycles. The number of pyridine rings is 1. The van der Waals surface area contributed by atoms with Gasteiger partial charge in [-0.15, -0.1) is 0 Å². The van der Waals surface area contributed by atoms with Gasteiger partial charge >= 0.3 is 5.97 Å². The van der Waals surface area contributed by atoms with Gasteiger partial charge in [-0.3, -0.25) is 9.78 Å². The van der Waals surface area contributed by atoms with E-state index < -0.39 is 5.97 Å². The summed E-state index contributed by atoms with van der Waals surface area (Å²) in [5.74, 6) is 2.09. The Morgan fingerprint density at radius 2 is 2.06 bits per heavy atom. The van der Waals surface area contributed by atoms with Gasteiger partial charge in [0.2, 0.25) is 0 Å². The molecule has 3 rings (SSSR count). The number of aryl methyl sites for hydroxylation is 1. The van der Waals surface area contributed by atoms with E-state index in [9.17, 15) is 9.90 Å². The van der Waals surface area contributed by atoms with Gasteiger partial charge in [0, 0.05) is 29.3 Å². The van der Waals surface area contributed by atoms with E-state index in [2.05, 4.69) is 42.8 Å². The molecule has 0 spiro atoms. The van der Waals surface area contributed by atoms with Crippen LogP contribution in [-0.2, 0) is 11.2 Å². The Morgan fingerprint density at radius 1 is 1.24 bits per heavy atom. The van der Waals surface area contributed by atoms with Gasteiger partial charge in [0.05, 0.1) is 12.6 Å². The van der Waals surface area contributed by atoms with Crippen molar-refractivity contribution in [1.82, 2.24) is 9.88 Å². The third-order valence-corrected chi connectivity index (χ3v) is 7.98. The van der Waals surface area contributed by atoms with Crippen LogP contribution in [0.2, 0.25) is 0 Å². The SMILES string of the molecule is COc1ccc2nccc(CCC[C@@H]3CCN(CCCSC(C)(C)C)C[C@@H]3CC(=O)O)c2c1. The Labute approximate surface area is 203 Å². The van der Waals surface area contributed by atoms with Crippen LogP contribution in [0.25, 0.3) is 10.9 Å². The van der Waals surface area contributed by atoms with Crippen molar-refractivity contribution in [2.75, 3.05) is 32.5 Å². The van der Waals surface area contributed by atoms with Crippen molar-refractivity contribution in [3.63, 3.8) is 0 Å². The highest BCUT2D eigenvalue weighted by atomic mass is 32.2. The molecule has 1 fully saturated rings. The van der Waals surface area contributed by atoms with Gasteiger partial charge in [-0.05, 0) is 92.6 Å². The van der Waals surface area contributed by atoms with Crippen molar-refractivity contribution < 1.29 is 14.6 Å². The fourth-order valence-corrected chi connectivity index (χ4v) is 5.83. The first-order valence-corrected chi connectivity index (χ1v) is 13.2. The molecule has 1 aromatic carbocycles. The van der Waals surface area contributed by atoms with Crippen molar-refractivity contribution in [3.05, 3.63) is 36.0 Å². The third kappa shape index (κ3) is 8.18. The molecule has 0 bridgehead atoms. The Morgan fingerprint density at radius 3 is 2.79 bits per heavy atom. The number of methoxy groups -OCH3 is 1. The second-order valence-corrected chi connectivity index (χ2v) is 12.2. The highest BCUT2D eigenvalue weighted by Gasteiger charge is 2.30. The maximum Gasteiger partial charge on any atom is 0.303 e. The standard InChI is InChI=1S/C27H40N2O3S/c1-27(2,3)33-16-6-14-29-15-12-20(22(19-29)17-26(30)31)7-5-8-21-11-13-28-25-10-9-23(32-4)18-24(21)25/h9-11,13,18,20,22H,5-8,12,14-17,19H2,1-4H3,(H,30,31)/t20-,22+/m1/s1. The summed E-state index contributed by atoms with van der Waals surface area (Å²) < 4.78 is 5.71. The van der Waals surface area contributed by atoms with Gasteiger partial charge in [0.25, 0.3) is 0 Å². The number of likely N-dealkylation sites (tertiary alicyclic amines) is 1. The molecule has 1 aliphatic rings. The molecule has 2 aromatic rings. The number of nitrogens with zero attached hydrogens (tertiary/aromatic N) is 2. The minimum absolute atomic E-state index is 0.251. The zero-order valence-electron chi connectivity index (χ0n) is 20.7. The number of ether oxygens (including phenoxy) is 1. The number of carboxylic acids is 1. The minimum Gasteiger partial charge on any atom is -0.497 e. The number of benzene rings is 1. The van der Waals surface area contributed by atoms with Crippen molar-refractivity contribution in [2.24, 2.45) is 11.8 Å². The van der Waals surface area contributed by atoms with Crippen LogP contribution in [0.1, 0.15) is 58.4 Å². The Hall–Kier alpha value is -1.79.